The molecule has 0 saturated heterocycles. The van der Waals surface area contributed by atoms with E-state index in [4.69, 9.17) is 5.73 Å². The number of fused-ring (bicyclic) bond motifs is 1. The van der Waals surface area contributed by atoms with Crippen molar-refractivity contribution < 1.29 is 14.7 Å². The first-order valence-corrected chi connectivity index (χ1v) is 12.3. The van der Waals surface area contributed by atoms with Gasteiger partial charge in [0.2, 0.25) is 5.91 Å². The molecule has 9 heteroatoms. The molecule has 190 valence electrons. The van der Waals surface area contributed by atoms with E-state index < -0.39 is 12.0 Å². The van der Waals surface area contributed by atoms with Crippen LogP contribution in [0.25, 0.3) is 10.8 Å². The number of nitrogens with two attached hydrogens (primary N) is 1. The Balaban J connectivity index is 1.34. The van der Waals surface area contributed by atoms with Crippen molar-refractivity contribution in [1.29, 1.82) is 0 Å². The number of aromatic nitrogens is 1. The Hall–Kier alpha value is -4.08. The van der Waals surface area contributed by atoms with Crippen molar-refractivity contribution in [2.45, 2.75) is 36.7 Å². The molecule has 1 amide bonds. The summed E-state index contributed by atoms with van der Waals surface area (Å²) in [4.78, 5) is 39.8. The van der Waals surface area contributed by atoms with Gasteiger partial charge in [-0.1, -0.05) is 30.3 Å². The van der Waals surface area contributed by atoms with Crippen LogP contribution in [0.4, 0.5) is 11.4 Å². The molecule has 1 atom stereocenters. The van der Waals surface area contributed by atoms with Gasteiger partial charge in [0.1, 0.15) is 0 Å². The normalized spacial score (nSPS) is 11.7. The van der Waals surface area contributed by atoms with Crippen molar-refractivity contribution in [2.75, 3.05) is 10.6 Å². The van der Waals surface area contributed by atoms with Crippen molar-refractivity contribution >= 4 is 46.7 Å². The lowest BCUT2D eigenvalue weighted by molar-refractivity contribution is -0.138. The van der Waals surface area contributed by atoms with Crippen LogP contribution in [-0.2, 0) is 22.6 Å². The fraction of sp³-hybridized carbons (Fsp3) is 0.179. The van der Waals surface area contributed by atoms with Crippen LogP contribution in [0, 0.1) is 0 Å². The van der Waals surface area contributed by atoms with Crippen LogP contribution in [0.1, 0.15) is 35.6 Å². The fourth-order valence-corrected chi connectivity index (χ4v) is 4.34. The van der Waals surface area contributed by atoms with E-state index in [2.05, 4.69) is 28.2 Å². The van der Waals surface area contributed by atoms with E-state index in [-0.39, 0.29) is 11.5 Å². The third-order valence-electron chi connectivity index (χ3n) is 6.10. The molecule has 0 fully saturated rings. The molecule has 4 aromatic rings. The number of amides is 1. The fourth-order valence-electron chi connectivity index (χ4n) is 4.11. The number of H-pyrrole nitrogens is 1. The number of pyridine rings is 1. The van der Waals surface area contributed by atoms with E-state index in [0.29, 0.717) is 48.1 Å². The zero-order valence-electron chi connectivity index (χ0n) is 20.0. The largest absolute Gasteiger partial charge is 0.479 e. The van der Waals surface area contributed by atoms with Crippen molar-refractivity contribution in [2.24, 2.45) is 5.73 Å². The van der Waals surface area contributed by atoms with Crippen molar-refractivity contribution in [3.05, 3.63) is 100.0 Å². The van der Waals surface area contributed by atoms with Gasteiger partial charge in [-0.25, -0.2) is 4.79 Å². The highest BCUT2D eigenvalue weighted by Gasteiger charge is 2.20. The van der Waals surface area contributed by atoms with Gasteiger partial charge in [-0.3, -0.25) is 9.59 Å². The average molecular weight is 517 g/mol. The molecule has 0 bridgehead atoms. The number of rotatable bonds is 10. The van der Waals surface area contributed by atoms with Gasteiger partial charge in [0.05, 0.1) is 0 Å². The van der Waals surface area contributed by atoms with E-state index >= 15 is 0 Å². The number of aryl methyl sites for hydroxylation is 1. The second-order valence-electron chi connectivity index (χ2n) is 8.72. The minimum atomic E-state index is -1.03. The number of carbonyl (C=O) groups excluding carboxylic acids is 1. The molecule has 3 aromatic carbocycles. The Kier molecular flexibility index (Phi) is 8.27. The molecule has 1 heterocycles. The number of aliphatic carboxylic acids is 1. The summed E-state index contributed by atoms with van der Waals surface area (Å²) in [6.07, 6.45) is 3.25. The average Bonchev–Trinajstić information content (AvgIpc) is 2.89. The van der Waals surface area contributed by atoms with Gasteiger partial charge >= 0.3 is 5.97 Å². The molecule has 1 aromatic heterocycles. The number of benzene rings is 3. The van der Waals surface area contributed by atoms with Gasteiger partial charge in [0.25, 0.3) is 5.56 Å². The monoisotopic (exact) mass is 516 g/mol. The van der Waals surface area contributed by atoms with Gasteiger partial charge in [0.15, 0.2) is 6.04 Å². The summed E-state index contributed by atoms with van der Waals surface area (Å²) in [7, 11) is 0. The van der Waals surface area contributed by atoms with Crippen LogP contribution in [-0.4, -0.2) is 22.0 Å². The van der Waals surface area contributed by atoms with Crippen molar-refractivity contribution in [3.63, 3.8) is 0 Å². The molecule has 4 rings (SSSR count). The van der Waals surface area contributed by atoms with Crippen LogP contribution in [0.15, 0.2) is 82.6 Å². The molecule has 8 nitrogen and oxygen atoms in total. The van der Waals surface area contributed by atoms with E-state index in [1.165, 1.54) is 0 Å². The Labute approximate surface area is 219 Å². The van der Waals surface area contributed by atoms with E-state index in [1.54, 1.807) is 54.7 Å². The summed E-state index contributed by atoms with van der Waals surface area (Å²) in [5, 5.41) is 17.0. The Morgan fingerprint density at radius 3 is 2.49 bits per heavy atom. The standard InChI is InChI=1S/C28H28N4O4S/c29-16-20-14-21(10-11-24(20)37)31-25(33)3-1-2-17-4-6-19(7-5-17)26(28(35)36)32-22-9-8-18-12-13-30-27(34)23(18)15-22/h4-15,26,32,37H,1-3,16,29H2,(H,30,34)(H,31,33)(H,35,36). The maximum Gasteiger partial charge on any atom is 0.330 e. The maximum absolute atomic E-state index is 12.3. The molecular formula is C28H28N4O4S. The van der Waals surface area contributed by atoms with Crippen LogP contribution in [0.2, 0.25) is 0 Å². The summed E-state index contributed by atoms with van der Waals surface area (Å²) >= 11 is 4.34. The minimum Gasteiger partial charge on any atom is -0.479 e. The van der Waals surface area contributed by atoms with Gasteiger partial charge in [-0.2, -0.15) is 0 Å². The van der Waals surface area contributed by atoms with E-state index in [1.807, 2.05) is 18.2 Å². The third kappa shape index (κ3) is 6.58. The highest BCUT2D eigenvalue weighted by Crippen LogP contribution is 2.24. The number of nitrogens with one attached hydrogen (secondary N) is 3. The molecule has 0 radical (unpaired) electrons. The highest BCUT2D eigenvalue weighted by molar-refractivity contribution is 7.80. The maximum atomic E-state index is 12.3. The zero-order chi connectivity index (χ0) is 26.4. The lowest BCUT2D eigenvalue weighted by Gasteiger charge is -2.17. The number of carbonyl (C=O) groups is 2. The highest BCUT2D eigenvalue weighted by atomic mass is 32.1. The summed E-state index contributed by atoms with van der Waals surface area (Å²) in [6.45, 7) is 0.346. The predicted octanol–water partition coefficient (Wildman–Crippen LogP) is 4.47. The van der Waals surface area contributed by atoms with Crippen molar-refractivity contribution in [1.82, 2.24) is 4.98 Å². The first-order valence-electron chi connectivity index (χ1n) is 11.9. The summed E-state index contributed by atoms with van der Waals surface area (Å²) in [6, 6.07) is 18.7. The number of anilines is 2. The lowest BCUT2D eigenvalue weighted by Crippen LogP contribution is -2.20. The number of thiol groups is 1. The molecule has 0 aliphatic carbocycles. The van der Waals surface area contributed by atoms with Crippen molar-refractivity contribution in [3.8, 4) is 0 Å². The second-order valence-corrected chi connectivity index (χ2v) is 9.20. The Morgan fingerprint density at radius 1 is 1.00 bits per heavy atom. The molecule has 0 aliphatic heterocycles. The van der Waals surface area contributed by atoms with E-state index in [0.717, 1.165) is 21.4 Å². The number of hydrogen-bond acceptors (Lipinski definition) is 6. The number of hydrogen-bond donors (Lipinski definition) is 6. The smallest absolute Gasteiger partial charge is 0.330 e. The quantitative estimate of drug-likeness (QED) is 0.172. The van der Waals surface area contributed by atoms with Crippen LogP contribution in [0.5, 0.6) is 0 Å². The first kappa shape index (κ1) is 26.0. The van der Waals surface area contributed by atoms with Gasteiger partial charge in [-0.05, 0) is 71.3 Å². The second kappa shape index (κ2) is 11.8. The molecule has 37 heavy (non-hydrogen) atoms. The van der Waals surface area contributed by atoms with Gasteiger partial charge < -0.3 is 26.5 Å². The number of carboxylic acid groups (broad SMARTS) is 1. The lowest BCUT2D eigenvalue weighted by atomic mass is 10.0. The molecular weight excluding hydrogens is 488 g/mol. The molecule has 1 unspecified atom stereocenters. The molecule has 0 spiro atoms. The van der Waals surface area contributed by atoms with Gasteiger partial charge in [-0.15, -0.1) is 12.6 Å². The minimum absolute atomic E-state index is 0.0872. The topological polar surface area (TPSA) is 137 Å². The number of aromatic amines is 1. The SMILES string of the molecule is NCc1cc(NC(=O)CCCc2ccc(C(Nc3ccc4cc[nH]c(=O)c4c3)C(=O)O)cc2)ccc1S. The Bertz CT molecular complexity index is 1480. The summed E-state index contributed by atoms with van der Waals surface area (Å²) < 4.78 is 0. The third-order valence-corrected chi connectivity index (χ3v) is 6.53. The van der Waals surface area contributed by atoms with Crippen LogP contribution in [0.3, 0.4) is 0 Å². The summed E-state index contributed by atoms with van der Waals surface area (Å²) in [5.74, 6) is -1.12. The van der Waals surface area contributed by atoms with Gasteiger partial charge in [0, 0.05) is 40.8 Å². The number of carboxylic acids is 1. The Morgan fingerprint density at radius 2 is 1.76 bits per heavy atom. The zero-order valence-corrected chi connectivity index (χ0v) is 20.9. The molecule has 0 saturated carbocycles. The summed E-state index contributed by atoms with van der Waals surface area (Å²) in [5.41, 5.74) is 9.14. The molecule has 0 aliphatic rings. The predicted molar refractivity (Wildman–Crippen MR) is 148 cm³/mol. The first-order chi connectivity index (χ1) is 17.8. The molecule has 6 N–H and O–H groups in total. The van der Waals surface area contributed by atoms with E-state index in [9.17, 15) is 19.5 Å². The van der Waals surface area contributed by atoms with Crippen LogP contribution >= 0.6 is 12.6 Å². The van der Waals surface area contributed by atoms with Crippen LogP contribution < -0.4 is 21.9 Å².